The van der Waals surface area contributed by atoms with Crippen molar-refractivity contribution in [2.45, 2.75) is 91.5 Å². The topological polar surface area (TPSA) is 111 Å². The van der Waals surface area contributed by atoms with Gasteiger partial charge in [0, 0.05) is 24.7 Å². The van der Waals surface area contributed by atoms with Crippen molar-refractivity contribution in [3.8, 4) is 0 Å². The van der Waals surface area contributed by atoms with Crippen LogP contribution in [-0.2, 0) is 28.7 Å². The Bertz CT molecular complexity index is 657. The van der Waals surface area contributed by atoms with Gasteiger partial charge in [-0.3, -0.25) is 9.59 Å². The fourth-order valence-corrected chi connectivity index (χ4v) is 3.26. The fraction of sp³-hybridized carbons (Fsp3) is 0.667. The Labute approximate surface area is 191 Å². The van der Waals surface area contributed by atoms with E-state index in [1.165, 1.54) is 0 Å². The largest absolute Gasteiger partial charge is 0.461 e. The minimum atomic E-state index is -0.488. The molecular weight excluding hydrogens is 412 g/mol. The van der Waals surface area contributed by atoms with Crippen molar-refractivity contribution in [1.29, 1.82) is 0 Å². The number of cyclic esters (lactones) is 2. The zero-order valence-electron chi connectivity index (χ0n) is 20.1. The molecule has 2 amide bonds. The third-order valence-electron chi connectivity index (χ3n) is 5.69. The number of nitrogens with one attached hydrogen (secondary N) is 2. The minimum Gasteiger partial charge on any atom is -0.461 e. The number of amides is 2. The van der Waals surface area contributed by atoms with Gasteiger partial charge < -0.3 is 20.1 Å². The van der Waals surface area contributed by atoms with E-state index < -0.39 is 12.1 Å². The number of hydrogen-bond donors (Lipinski definition) is 2. The molecule has 0 aromatic heterocycles. The van der Waals surface area contributed by atoms with Gasteiger partial charge in [0.1, 0.15) is 24.3 Å². The molecule has 0 aliphatic carbocycles. The van der Waals surface area contributed by atoms with E-state index in [4.69, 9.17) is 9.47 Å². The Kier molecular flexibility index (Phi) is 11.7. The molecule has 2 N–H and O–H groups in total. The molecular formula is C24H38N2O6. The summed E-state index contributed by atoms with van der Waals surface area (Å²) < 4.78 is 10.1. The van der Waals surface area contributed by atoms with Gasteiger partial charge >= 0.3 is 11.9 Å². The third kappa shape index (κ3) is 8.48. The van der Waals surface area contributed by atoms with Crippen molar-refractivity contribution in [1.82, 2.24) is 10.6 Å². The molecule has 0 aromatic carbocycles. The molecule has 2 heterocycles. The normalized spacial score (nSPS) is 29.4. The Balaban J connectivity index is 0.000000320. The number of ether oxygens (including phenoxy) is 2. The maximum atomic E-state index is 11.5. The van der Waals surface area contributed by atoms with Crippen LogP contribution in [0, 0.1) is 11.8 Å². The molecule has 8 nitrogen and oxygen atoms in total. The van der Waals surface area contributed by atoms with Crippen LogP contribution in [0.3, 0.4) is 0 Å². The molecule has 2 saturated heterocycles. The summed E-state index contributed by atoms with van der Waals surface area (Å²) in [7, 11) is 0. The molecule has 8 heteroatoms. The number of carbonyl (C=O) groups excluding carboxylic acids is 4. The van der Waals surface area contributed by atoms with Gasteiger partial charge in [-0.1, -0.05) is 52.0 Å². The molecule has 0 unspecified atom stereocenters. The van der Waals surface area contributed by atoms with Crippen LogP contribution in [0.1, 0.15) is 67.2 Å². The fourth-order valence-electron chi connectivity index (χ4n) is 3.26. The van der Waals surface area contributed by atoms with Gasteiger partial charge in [0.05, 0.1) is 0 Å². The molecule has 0 aromatic rings. The summed E-state index contributed by atoms with van der Waals surface area (Å²) in [5, 5.41) is 5.41. The minimum absolute atomic E-state index is 0.0339. The lowest BCUT2D eigenvalue weighted by Gasteiger charge is -2.13. The predicted octanol–water partition coefficient (Wildman–Crippen LogP) is 2.82. The van der Waals surface area contributed by atoms with E-state index in [1.54, 1.807) is 0 Å². The van der Waals surface area contributed by atoms with Crippen LogP contribution in [0.5, 0.6) is 0 Å². The molecule has 0 saturated carbocycles. The van der Waals surface area contributed by atoms with Crippen LogP contribution < -0.4 is 10.6 Å². The molecule has 2 rings (SSSR count). The second-order valence-corrected chi connectivity index (χ2v) is 8.26. The van der Waals surface area contributed by atoms with Crippen LogP contribution in [0.15, 0.2) is 24.3 Å². The van der Waals surface area contributed by atoms with Crippen LogP contribution in [0.2, 0.25) is 0 Å². The lowest BCUT2D eigenvalue weighted by molar-refractivity contribution is -0.144. The second kappa shape index (κ2) is 13.7. The van der Waals surface area contributed by atoms with E-state index in [0.717, 1.165) is 12.8 Å². The first-order chi connectivity index (χ1) is 15.1. The van der Waals surface area contributed by atoms with Crippen molar-refractivity contribution in [3.63, 3.8) is 0 Å². The van der Waals surface area contributed by atoms with Gasteiger partial charge in [-0.05, 0) is 26.7 Å². The Morgan fingerprint density at radius 2 is 1.06 bits per heavy atom. The van der Waals surface area contributed by atoms with Gasteiger partial charge in [-0.2, -0.15) is 0 Å². The van der Waals surface area contributed by atoms with E-state index in [9.17, 15) is 19.2 Å². The maximum absolute atomic E-state index is 11.5. The average molecular weight is 451 g/mol. The zero-order valence-corrected chi connectivity index (χ0v) is 20.1. The quantitative estimate of drug-likeness (QED) is 0.435. The third-order valence-corrected chi connectivity index (χ3v) is 5.69. The lowest BCUT2D eigenvalue weighted by Crippen LogP contribution is -2.41. The first-order valence-electron chi connectivity index (χ1n) is 11.4. The Morgan fingerprint density at radius 3 is 1.31 bits per heavy atom. The van der Waals surface area contributed by atoms with Gasteiger partial charge in [0.15, 0.2) is 0 Å². The number of hydrogen-bond acceptors (Lipinski definition) is 6. The number of esters is 2. The average Bonchev–Trinajstić information content (AvgIpc) is 3.11. The molecule has 32 heavy (non-hydrogen) atoms. The number of carbonyl (C=O) groups is 4. The van der Waals surface area contributed by atoms with E-state index >= 15 is 0 Å². The summed E-state index contributed by atoms with van der Waals surface area (Å²) in [6.07, 6.45) is 9.69. The summed E-state index contributed by atoms with van der Waals surface area (Å²) in [5.41, 5.74) is 0. The van der Waals surface area contributed by atoms with Crippen molar-refractivity contribution in [3.05, 3.63) is 24.3 Å². The van der Waals surface area contributed by atoms with E-state index in [0.29, 0.717) is 12.8 Å². The highest BCUT2D eigenvalue weighted by molar-refractivity contribution is 5.87. The lowest BCUT2D eigenvalue weighted by atomic mass is 10.00. The molecule has 2 aliphatic rings. The maximum Gasteiger partial charge on any atom is 0.329 e. The van der Waals surface area contributed by atoms with Crippen molar-refractivity contribution < 1.29 is 28.7 Å². The van der Waals surface area contributed by atoms with Gasteiger partial charge in [-0.25, -0.2) is 9.59 Å². The van der Waals surface area contributed by atoms with Crippen molar-refractivity contribution in [2.75, 3.05) is 0 Å². The predicted molar refractivity (Wildman–Crippen MR) is 121 cm³/mol. The van der Waals surface area contributed by atoms with Crippen molar-refractivity contribution in [2.24, 2.45) is 11.8 Å². The van der Waals surface area contributed by atoms with Gasteiger partial charge in [0.25, 0.3) is 0 Å². The summed E-state index contributed by atoms with van der Waals surface area (Å²) in [6, 6.07) is -0.977. The van der Waals surface area contributed by atoms with E-state index in [1.807, 2.05) is 65.8 Å². The van der Waals surface area contributed by atoms with Crippen molar-refractivity contribution >= 4 is 23.8 Å². The second-order valence-electron chi connectivity index (χ2n) is 8.26. The molecule has 0 spiro atoms. The van der Waals surface area contributed by atoms with E-state index in [2.05, 4.69) is 10.6 Å². The van der Waals surface area contributed by atoms with E-state index in [-0.39, 0.29) is 47.8 Å². The standard InChI is InChI=1S/2C12H19NO3/c2*1-4-5-6-7-10(14)13-11-8(2)9(3)16-12(11)15/h2*5-6,8-9,11H,4,7H2,1-3H3,(H,13,14)/b2*6-5+/t8-,9-,11+;8-,9-,11-/m10/s1. The molecule has 2 aliphatic heterocycles. The first kappa shape index (κ1) is 27.4. The van der Waals surface area contributed by atoms with Crippen LogP contribution >= 0.6 is 0 Å². The summed E-state index contributed by atoms with van der Waals surface area (Å²) in [5.74, 6) is -0.848. The zero-order chi connectivity index (χ0) is 24.3. The molecule has 180 valence electrons. The van der Waals surface area contributed by atoms with Gasteiger partial charge in [-0.15, -0.1) is 0 Å². The molecule has 2 fully saturated rings. The summed E-state index contributed by atoms with van der Waals surface area (Å²) in [6.45, 7) is 11.5. The Hall–Kier alpha value is -2.64. The number of allylic oxidation sites excluding steroid dienone is 2. The molecule has 0 bridgehead atoms. The Morgan fingerprint density at radius 1 is 0.719 bits per heavy atom. The monoisotopic (exact) mass is 450 g/mol. The summed E-state index contributed by atoms with van der Waals surface area (Å²) in [4.78, 5) is 45.8. The first-order valence-corrected chi connectivity index (χ1v) is 11.4. The van der Waals surface area contributed by atoms with Crippen LogP contribution in [0.4, 0.5) is 0 Å². The molecule has 6 atom stereocenters. The van der Waals surface area contributed by atoms with Gasteiger partial charge in [0.2, 0.25) is 11.8 Å². The molecule has 0 radical (unpaired) electrons. The highest BCUT2D eigenvalue weighted by Crippen LogP contribution is 2.22. The number of rotatable bonds is 8. The smallest absolute Gasteiger partial charge is 0.329 e. The van der Waals surface area contributed by atoms with Crippen LogP contribution in [0.25, 0.3) is 0 Å². The summed E-state index contributed by atoms with van der Waals surface area (Å²) >= 11 is 0. The van der Waals surface area contributed by atoms with Crippen LogP contribution in [-0.4, -0.2) is 48.0 Å². The SMILES string of the molecule is CC/C=C/CC(=O)N[C@@H]1C(=O)O[C@@H](C)[C@@H]1C.CC/C=C/CC(=O)N[C@@H]1C(=O)O[C@H](C)[C@H]1C. The highest BCUT2D eigenvalue weighted by atomic mass is 16.6. The highest BCUT2D eigenvalue weighted by Gasteiger charge is 2.40.